The van der Waals surface area contributed by atoms with Gasteiger partial charge in [0.05, 0.1) is 11.6 Å². The first-order chi connectivity index (χ1) is 16.4. The zero-order chi connectivity index (χ0) is 24.0. The molecule has 5 nitrogen and oxygen atoms in total. The predicted molar refractivity (Wildman–Crippen MR) is 133 cm³/mol. The molecule has 0 radical (unpaired) electrons. The summed E-state index contributed by atoms with van der Waals surface area (Å²) in [6.07, 6.45) is 0. The van der Waals surface area contributed by atoms with Gasteiger partial charge in [0.2, 0.25) is 0 Å². The van der Waals surface area contributed by atoms with Gasteiger partial charge in [-0.1, -0.05) is 66.7 Å². The molecule has 0 bridgehead atoms. The van der Waals surface area contributed by atoms with E-state index in [1.165, 1.54) is 17.0 Å². The lowest BCUT2D eigenvalue weighted by atomic mass is 9.93. The largest absolute Gasteiger partial charge is 0.508 e. The summed E-state index contributed by atoms with van der Waals surface area (Å²) in [5, 5.41) is 23.0. The van der Waals surface area contributed by atoms with Crippen molar-refractivity contribution in [2.45, 2.75) is 19.9 Å². The van der Waals surface area contributed by atoms with Gasteiger partial charge in [-0.15, -0.1) is 0 Å². The molecule has 5 rings (SSSR count). The summed E-state index contributed by atoms with van der Waals surface area (Å²) in [6.45, 7) is 3.85. The molecular formula is C29H23NO4. The number of nitrogens with zero attached hydrogens (tertiary/aromatic N) is 1. The van der Waals surface area contributed by atoms with Crippen LogP contribution in [0.25, 0.3) is 16.5 Å². The fourth-order valence-electron chi connectivity index (χ4n) is 4.63. The van der Waals surface area contributed by atoms with Gasteiger partial charge in [0, 0.05) is 11.3 Å². The Balaban J connectivity index is 1.80. The number of Topliss-reactive ketones (excluding diaryl/α,β-unsaturated/α-hetero) is 1. The van der Waals surface area contributed by atoms with E-state index in [2.05, 4.69) is 0 Å². The number of hydrogen-bond donors (Lipinski definition) is 2. The van der Waals surface area contributed by atoms with Gasteiger partial charge >= 0.3 is 0 Å². The SMILES string of the molecule is Cc1cccc(N2C(=O)C(=O)/C(=C(\O)c3cccc4ccccc34)C2c2ccc(O)cc2)c1C. The molecule has 1 amide bonds. The number of rotatable bonds is 3. The zero-order valence-corrected chi connectivity index (χ0v) is 18.8. The molecule has 1 unspecified atom stereocenters. The number of carbonyl (C=O) groups excluding carboxylic acids is 2. The van der Waals surface area contributed by atoms with Gasteiger partial charge in [0.25, 0.3) is 11.7 Å². The van der Waals surface area contributed by atoms with E-state index in [-0.39, 0.29) is 17.1 Å². The van der Waals surface area contributed by atoms with Crippen LogP contribution in [0.1, 0.15) is 28.3 Å². The topological polar surface area (TPSA) is 77.8 Å². The Kier molecular flexibility index (Phi) is 5.17. The highest BCUT2D eigenvalue weighted by Crippen LogP contribution is 2.44. The van der Waals surface area contributed by atoms with Gasteiger partial charge in [0.15, 0.2) is 0 Å². The minimum atomic E-state index is -0.847. The first-order valence-electron chi connectivity index (χ1n) is 11.0. The molecule has 1 saturated heterocycles. The standard InChI is InChI=1S/C29H23NO4/c1-17-7-5-12-24(18(17)2)30-26(20-13-15-21(31)16-14-20)25(28(33)29(30)34)27(32)23-11-6-9-19-8-3-4-10-22(19)23/h3-16,26,31-32H,1-2H3/b27-25-. The number of hydrogen-bond acceptors (Lipinski definition) is 4. The Morgan fingerprint density at radius 1 is 0.824 bits per heavy atom. The molecule has 4 aromatic rings. The van der Waals surface area contributed by atoms with E-state index in [4.69, 9.17) is 0 Å². The van der Waals surface area contributed by atoms with Gasteiger partial charge in [-0.2, -0.15) is 0 Å². The molecule has 0 aromatic heterocycles. The number of aliphatic hydroxyl groups excluding tert-OH is 1. The zero-order valence-electron chi connectivity index (χ0n) is 18.8. The fraction of sp³-hybridized carbons (Fsp3) is 0.103. The molecule has 0 aliphatic carbocycles. The first kappa shape index (κ1) is 21.5. The minimum Gasteiger partial charge on any atom is -0.508 e. The van der Waals surface area contributed by atoms with E-state index in [1.807, 2.05) is 62.4 Å². The van der Waals surface area contributed by atoms with E-state index in [9.17, 15) is 19.8 Å². The molecule has 0 saturated carbocycles. The predicted octanol–water partition coefficient (Wildman–Crippen LogP) is 5.79. The van der Waals surface area contributed by atoms with Crippen molar-refractivity contribution in [3.8, 4) is 5.75 Å². The summed E-state index contributed by atoms with van der Waals surface area (Å²) >= 11 is 0. The van der Waals surface area contributed by atoms with Crippen LogP contribution in [0.3, 0.4) is 0 Å². The number of carbonyl (C=O) groups is 2. The molecule has 0 spiro atoms. The Hall–Kier alpha value is -4.38. The molecule has 34 heavy (non-hydrogen) atoms. The number of phenolic OH excluding ortho intramolecular Hbond substituents is 1. The van der Waals surface area contributed by atoms with Crippen LogP contribution in [0.15, 0.2) is 90.5 Å². The Morgan fingerprint density at radius 2 is 1.50 bits per heavy atom. The highest BCUT2D eigenvalue weighted by Gasteiger charge is 2.47. The number of aryl methyl sites for hydroxylation is 1. The third kappa shape index (κ3) is 3.33. The van der Waals surface area contributed by atoms with Crippen LogP contribution in [0.4, 0.5) is 5.69 Å². The summed E-state index contributed by atoms with van der Waals surface area (Å²) in [4.78, 5) is 28.3. The van der Waals surface area contributed by atoms with Gasteiger partial charge in [0.1, 0.15) is 11.5 Å². The van der Waals surface area contributed by atoms with Crippen molar-refractivity contribution in [3.63, 3.8) is 0 Å². The average Bonchev–Trinajstić information content (AvgIpc) is 3.11. The summed E-state index contributed by atoms with van der Waals surface area (Å²) in [6, 6.07) is 24.2. The molecule has 1 atom stereocenters. The number of phenols is 1. The highest BCUT2D eigenvalue weighted by molar-refractivity contribution is 6.52. The molecule has 1 aliphatic rings. The van der Waals surface area contributed by atoms with Crippen molar-refractivity contribution in [1.29, 1.82) is 0 Å². The number of amides is 1. The van der Waals surface area contributed by atoms with Gasteiger partial charge in [-0.05, 0) is 59.5 Å². The van der Waals surface area contributed by atoms with Crippen LogP contribution in [0.2, 0.25) is 0 Å². The van der Waals surface area contributed by atoms with Crippen LogP contribution in [0, 0.1) is 13.8 Å². The summed E-state index contributed by atoms with van der Waals surface area (Å²) in [5.41, 5.74) is 3.59. The van der Waals surface area contributed by atoms with Gasteiger partial charge < -0.3 is 10.2 Å². The third-order valence-electron chi connectivity index (χ3n) is 6.53. The molecule has 1 fully saturated rings. The Labute approximate surface area is 197 Å². The second-order valence-electron chi connectivity index (χ2n) is 8.51. The smallest absolute Gasteiger partial charge is 0.300 e. The van der Waals surface area contributed by atoms with Crippen molar-refractivity contribution in [1.82, 2.24) is 0 Å². The maximum Gasteiger partial charge on any atom is 0.300 e. The lowest BCUT2D eigenvalue weighted by molar-refractivity contribution is -0.132. The van der Waals surface area contributed by atoms with Crippen LogP contribution in [-0.4, -0.2) is 21.9 Å². The van der Waals surface area contributed by atoms with Crippen molar-refractivity contribution in [2.24, 2.45) is 0 Å². The van der Waals surface area contributed by atoms with E-state index in [1.54, 1.807) is 24.3 Å². The molecule has 1 heterocycles. The van der Waals surface area contributed by atoms with Crippen LogP contribution >= 0.6 is 0 Å². The number of anilines is 1. The van der Waals surface area contributed by atoms with E-state index in [0.29, 0.717) is 16.8 Å². The van der Waals surface area contributed by atoms with Crippen molar-refractivity contribution >= 4 is 33.9 Å². The third-order valence-corrected chi connectivity index (χ3v) is 6.53. The van der Waals surface area contributed by atoms with Crippen LogP contribution in [0.5, 0.6) is 5.75 Å². The summed E-state index contributed by atoms with van der Waals surface area (Å²) in [5.74, 6) is -1.60. The highest BCUT2D eigenvalue weighted by atomic mass is 16.3. The molecule has 4 aromatic carbocycles. The molecule has 5 heteroatoms. The lowest BCUT2D eigenvalue weighted by Crippen LogP contribution is -2.30. The quantitative estimate of drug-likeness (QED) is 0.236. The van der Waals surface area contributed by atoms with Crippen LogP contribution < -0.4 is 4.90 Å². The van der Waals surface area contributed by atoms with Gasteiger partial charge in [-0.25, -0.2) is 0 Å². The fourth-order valence-corrected chi connectivity index (χ4v) is 4.63. The second-order valence-corrected chi connectivity index (χ2v) is 8.51. The number of benzene rings is 4. The Morgan fingerprint density at radius 3 is 2.26 bits per heavy atom. The molecule has 2 N–H and O–H groups in total. The molecule has 168 valence electrons. The molecular weight excluding hydrogens is 426 g/mol. The average molecular weight is 450 g/mol. The monoisotopic (exact) mass is 449 g/mol. The van der Waals surface area contributed by atoms with Crippen molar-refractivity contribution < 1.29 is 19.8 Å². The Bertz CT molecular complexity index is 1480. The van der Waals surface area contributed by atoms with Crippen molar-refractivity contribution in [2.75, 3.05) is 4.90 Å². The normalized spacial score (nSPS) is 17.5. The minimum absolute atomic E-state index is 0.0212. The van der Waals surface area contributed by atoms with E-state index < -0.39 is 17.7 Å². The van der Waals surface area contributed by atoms with Crippen LogP contribution in [-0.2, 0) is 9.59 Å². The van der Waals surface area contributed by atoms with Gasteiger partial charge in [-0.3, -0.25) is 14.5 Å². The summed E-state index contributed by atoms with van der Waals surface area (Å²) in [7, 11) is 0. The maximum atomic E-state index is 13.4. The van der Waals surface area contributed by atoms with E-state index in [0.717, 1.165) is 21.9 Å². The number of fused-ring (bicyclic) bond motifs is 1. The number of ketones is 1. The second kappa shape index (κ2) is 8.19. The van der Waals surface area contributed by atoms with Crippen molar-refractivity contribution in [3.05, 3.63) is 113 Å². The first-order valence-corrected chi connectivity index (χ1v) is 11.0. The number of aromatic hydroxyl groups is 1. The lowest BCUT2D eigenvalue weighted by Gasteiger charge is -2.27. The maximum absolute atomic E-state index is 13.4. The number of aliphatic hydroxyl groups is 1. The summed E-state index contributed by atoms with van der Waals surface area (Å²) < 4.78 is 0. The molecule has 1 aliphatic heterocycles. The van der Waals surface area contributed by atoms with E-state index >= 15 is 0 Å².